The Morgan fingerprint density at radius 2 is 2.09 bits per heavy atom. The second-order valence-corrected chi connectivity index (χ2v) is 6.09. The van der Waals surface area contributed by atoms with Gasteiger partial charge in [0.25, 0.3) is 0 Å². The largest absolute Gasteiger partial charge is 0.444 e. The van der Waals surface area contributed by atoms with Gasteiger partial charge in [0.05, 0.1) is 37.2 Å². The zero-order valence-electron chi connectivity index (χ0n) is 13.8. The number of morpholine rings is 1. The maximum absolute atomic E-state index is 5.89. The van der Waals surface area contributed by atoms with Gasteiger partial charge < -0.3 is 9.15 Å². The number of hydrogen-bond acceptors (Lipinski definition) is 5. The first-order valence-electron chi connectivity index (χ1n) is 7.79. The first kappa shape index (κ1) is 15.2. The Labute approximate surface area is 131 Å². The molecule has 0 aliphatic carbocycles. The van der Waals surface area contributed by atoms with Crippen molar-refractivity contribution in [3.63, 3.8) is 0 Å². The number of aryl methyl sites for hydroxylation is 4. The molecule has 3 heterocycles. The van der Waals surface area contributed by atoms with Gasteiger partial charge in [-0.3, -0.25) is 9.58 Å². The molecule has 0 spiro atoms. The van der Waals surface area contributed by atoms with Crippen LogP contribution in [0.4, 0.5) is 0 Å². The Morgan fingerprint density at radius 1 is 1.27 bits per heavy atom. The number of oxazole rings is 1. The van der Waals surface area contributed by atoms with Crippen LogP contribution in [-0.4, -0.2) is 45.5 Å². The summed E-state index contributed by atoms with van der Waals surface area (Å²) in [6.07, 6.45) is 0.156. The molecule has 1 saturated heterocycles. The van der Waals surface area contributed by atoms with E-state index in [1.54, 1.807) is 0 Å². The molecule has 6 heteroatoms. The molecular formula is C16H24N4O2. The van der Waals surface area contributed by atoms with Gasteiger partial charge in [0.1, 0.15) is 5.76 Å². The highest BCUT2D eigenvalue weighted by atomic mass is 16.5. The predicted molar refractivity (Wildman–Crippen MR) is 82.7 cm³/mol. The van der Waals surface area contributed by atoms with Gasteiger partial charge in [-0.1, -0.05) is 0 Å². The minimum atomic E-state index is 0.156. The van der Waals surface area contributed by atoms with Gasteiger partial charge in [0.15, 0.2) is 0 Å². The van der Waals surface area contributed by atoms with E-state index >= 15 is 0 Å². The lowest BCUT2D eigenvalue weighted by Gasteiger charge is -2.32. The maximum atomic E-state index is 5.89. The number of aromatic nitrogens is 3. The van der Waals surface area contributed by atoms with E-state index in [0.717, 1.165) is 55.8 Å². The first-order chi connectivity index (χ1) is 10.5. The van der Waals surface area contributed by atoms with Crippen molar-refractivity contribution in [2.75, 3.05) is 19.7 Å². The van der Waals surface area contributed by atoms with Gasteiger partial charge in [-0.2, -0.15) is 5.10 Å². The summed E-state index contributed by atoms with van der Waals surface area (Å²) >= 11 is 0. The summed E-state index contributed by atoms with van der Waals surface area (Å²) in [4.78, 5) is 6.80. The quantitative estimate of drug-likeness (QED) is 0.865. The molecule has 3 rings (SSSR count). The number of nitrogens with zero attached hydrogens (tertiary/aromatic N) is 4. The predicted octanol–water partition coefficient (Wildman–Crippen LogP) is 2.01. The summed E-state index contributed by atoms with van der Waals surface area (Å²) in [6.45, 7) is 12.1. The molecule has 1 aliphatic rings. The summed E-state index contributed by atoms with van der Waals surface area (Å²) in [7, 11) is 0. The van der Waals surface area contributed by atoms with Crippen LogP contribution < -0.4 is 0 Å². The number of hydrogen-bond donors (Lipinski definition) is 0. The van der Waals surface area contributed by atoms with Gasteiger partial charge >= 0.3 is 0 Å². The fraction of sp³-hybridized carbons (Fsp3) is 0.625. The second kappa shape index (κ2) is 6.22. The molecule has 0 N–H and O–H groups in total. The Morgan fingerprint density at radius 3 is 2.73 bits per heavy atom. The summed E-state index contributed by atoms with van der Waals surface area (Å²) < 4.78 is 13.6. The fourth-order valence-corrected chi connectivity index (χ4v) is 2.89. The molecule has 1 aliphatic heterocycles. The van der Waals surface area contributed by atoms with E-state index in [4.69, 9.17) is 9.15 Å². The van der Waals surface area contributed by atoms with Crippen LogP contribution in [0, 0.1) is 27.7 Å². The van der Waals surface area contributed by atoms with Crippen molar-refractivity contribution >= 4 is 0 Å². The number of ether oxygens (including phenoxy) is 1. The first-order valence-corrected chi connectivity index (χ1v) is 7.79. The second-order valence-electron chi connectivity index (χ2n) is 6.09. The molecule has 0 radical (unpaired) electrons. The van der Waals surface area contributed by atoms with Crippen LogP contribution in [0.1, 0.15) is 28.7 Å². The molecule has 1 unspecified atom stereocenters. The van der Waals surface area contributed by atoms with Crippen molar-refractivity contribution in [3.05, 3.63) is 34.8 Å². The fourth-order valence-electron chi connectivity index (χ4n) is 2.89. The van der Waals surface area contributed by atoms with Crippen LogP contribution >= 0.6 is 0 Å². The minimum Gasteiger partial charge on any atom is -0.444 e. The van der Waals surface area contributed by atoms with Crippen LogP contribution in [0.25, 0.3) is 0 Å². The van der Waals surface area contributed by atoms with Crippen molar-refractivity contribution in [2.24, 2.45) is 0 Å². The van der Waals surface area contributed by atoms with E-state index in [9.17, 15) is 0 Å². The molecule has 0 bridgehead atoms. The summed E-state index contributed by atoms with van der Waals surface area (Å²) in [5.41, 5.74) is 3.20. The summed E-state index contributed by atoms with van der Waals surface area (Å²) in [6, 6.07) is 2.10. The molecule has 120 valence electrons. The zero-order valence-corrected chi connectivity index (χ0v) is 13.8. The van der Waals surface area contributed by atoms with Crippen LogP contribution in [0.5, 0.6) is 0 Å². The normalized spacial score (nSPS) is 19.7. The minimum absolute atomic E-state index is 0.156. The van der Waals surface area contributed by atoms with Crippen molar-refractivity contribution in [3.8, 4) is 0 Å². The molecule has 0 aromatic carbocycles. The lowest BCUT2D eigenvalue weighted by atomic mass is 10.2. The SMILES string of the molecule is Cc1cc(C)n(CC2CN(Cc3nc(C)c(C)o3)CCO2)n1. The maximum Gasteiger partial charge on any atom is 0.208 e. The molecule has 0 amide bonds. The summed E-state index contributed by atoms with van der Waals surface area (Å²) in [5, 5.41) is 4.52. The van der Waals surface area contributed by atoms with E-state index in [2.05, 4.69) is 28.0 Å². The van der Waals surface area contributed by atoms with E-state index in [-0.39, 0.29) is 6.10 Å². The van der Waals surface area contributed by atoms with Crippen LogP contribution in [0.15, 0.2) is 10.5 Å². The molecule has 1 atom stereocenters. The van der Waals surface area contributed by atoms with Crippen LogP contribution in [0.2, 0.25) is 0 Å². The third kappa shape index (κ3) is 3.39. The van der Waals surface area contributed by atoms with E-state index in [1.807, 2.05) is 25.5 Å². The highest BCUT2D eigenvalue weighted by Crippen LogP contribution is 2.15. The van der Waals surface area contributed by atoms with Gasteiger partial charge in [-0.15, -0.1) is 0 Å². The van der Waals surface area contributed by atoms with E-state index < -0.39 is 0 Å². The Bertz CT molecular complexity index is 627. The van der Waals surface area contributed by atoms with Crippen LogP contribution in [0.3, 0.4) is 0 Å². The van der Waals surface area contributed by atoms with Crippen molar-refractivity contribution < 1.29 is 9.15 Å². The topological polar surface area (TPSA) is 56.3 Å². The van der Waals surface area contributed by atoms with Crippen molar-refractivity contribution in [1.29, 1.82) is 0 Å². The average Bonchev–Trinajstić information content (AvgIpc) is 2.92. The molecule has 6 nitrogen and oxygen atoms in total. The highest BCUT2D eigenvalue weighted by molar-refractivity contribution is 5.07. The molecule has 1 fully saturated rings. The Balaban J connectivity index is 1.60. The third-order valence-electron chi connectivity index (χ3n) is 4.13. The Hall–Kier alpha value is -1.66. The Kier molecular flexibility index (Phi) is 4.31. The third-order valence-corrected chi connectivity index (χ3v) is 4.13. The molecule has 2 aromatic rings. The van der Waals surface area contributed by atoms with Gasteiger partial charge in [0, 0.05) is 18.8 Å². The van der Waals surface area contributed by atoms with Gasteiger partial charge in [-0.25, -0.2) is 4.98 Å². The molecule has 2 aromatic heterocycles. The van der Waals surface area contributed by atoms with Crippen molar-refractivity contribution in [2.45, 2.75) is 46.9 Å². The zero-order chi connectivity index (χ0) is 15.7. The average molecular weight is 304 g/mol. The van der Waals surface area contributed by atoms with E-state index in [0.29, 0.717) is 0 Å². The standard InChI is InChI=1S/C16H24N4O2/c1-11-7-12(2)20(18-11)9-15-8-19(5-6-21-15)10-16-17-13(3)14(4)22-16/h7,15H,5-6,8-10H2,1-4H3. The highest BCUT2D eigenvalue weighted by Gasteiger charge is 2.23. The summed E-state index contributed by atoms with van der Waals surface area (Å²) in [5.74, 6) is 1.70. The van der Waals surface area contributed by atoms with Gasteiger partial charge in [0.2, 0.25) is 5.89 Å². The van der Waals surface area contributed by atoms with Crippen molar-refractivity contribution in [1.82, 2.24) is 19.7 Å². The molecule has 22 heavy (non-hydrogen) atoms. The van der Waals surface area contributed by atoms with E-state index in [1.165, 1.54) is 5.69 Å². The molecular weight excluding hydrogens is 280 g/mol. The lowest BCUT2D eigenvalue weighted by Crippen LogP contribution is -2.44. The molecule has 0 saturated carbocycles. The number of rotatable bonds is 4. The van der Waals surface area contributed by atoms with Crippen LogP contribution in [-0.2, 0) is 17.8 Å². The van der Waals surface area contributed by atoms with Gasteiger partial charge in [-0.05, 0) is 33.8 Å². The lowest BCUT2D eigenvalue weighted by molar-refractivity contribution is -0.0425. The smallest absolute Gasteiger partial charge is 0.208 e. The monoisotopic (exact) mass is 304 g/mol.